The number of hydrogen-bond donors (Lipinski definition) is 2. The molecule has 6 aromatic rings. The molecule has 0 radical (unpaired) electrons. The number of esters is 1. The number of carboxylic acids is 1. The Hall–Kier alpha value is -5.48. The second-order valence-corrected chi connectivity index (χ2v) is 22.0. The summed E-state index contributed by atoms with van der Waals surface area (Å²) in [5.74, 6) is -2.68. The third kappa shape index (κ3) is 13.9. The van der Waals surface area contributed by atoms with Crippen LogP contribution in [-0.2, 0) is 38.0 Å². The minimum Gasteiger partial charge on any atom is -0.550 e. The molecule has 2 fully saturated rings. The number of methoxy groups -OCH3 is 1. The molecular weight excluding hydrogens is 986 g/mol. The van der Waals surface area contributed by atoms with E-state index in [1.807, 2.05) is 31.2 Å². The van der Waals surface area contributed by atoms with Crippen molar-refractivity contribution >= 4 is 24.1 Å². The van der Waals surface area contributed by atoms with E-state index in [-0.39, 0.29) is 52.4 Å². The molecule has 6 nitrogen and oxygen atoms in total. The summed E-state index contributed by atoms with van der Waals surface area (Å²) in [6.07, 6.45) is 19.1. The summed E-state index contributed by atoms with van der Waals surface area (Å²) in [5, 5.41) is 32.3. The van der Waals surface area contributed by atoms with Gasteiger partial charge in [-0.2, -0.15) is 0 Å². The van der Waals surface area contributed by atoms with Gasteiger partial charge in [-0.1, -0.05) is 175 Å². The van der Waals surface area contributed by atoms with Gasteiger partial charge in [-0.3, -0.25) is 4.79 Å². The van der Waals surface area contributed by atoms with Crippen molar-refractivity contribution in [1.29, 1.82) is 0 Å². The van der Waals surface area contributed by atoms with E-state index in [0.29, 0.717) is 5.56 Å². The van der Waals surface area contributed by atoms with Gasteiger partial charge in [0.25, 0.3) is 0 Å². The second-order valence-electron chi connectivity index (χ2n) is 22.0. The van der Waals surface area contributed by atoms with Gasteiger partial charge in [-0.25, -0.2) is 8.78 Å². The second kappa shape index (κ2) is 26.7. The van der Waals surface area contributed by atoms with Gasteiger partial charge in [-0.05, 0) is 180 Å². The van der Waals surface area contributed by atoms with Crippen molar-refractivity contribution in [2.45, 2.75) is 167 Å². The predicted octanol–water partition coefficient (Wildman–Crippen LogP) is 12.1. The zero-order chi connectivity index (χ0) is 55.7. The molecule has 0 heterocycles. The molecule has 78 heavy (non-hydrogen) atoms. The molecule has 2 aliphatic carbocycles. The minimum absolute atomic E-state index is 0. The number of ether oxygens (including phenoxy) is 1. The van der Waals surface area contributed by atoms with Crippen LogP contribution in [0.2, 0.25) is 0 Å². The third-order valence-electron chi connectivity index (χ3n) is 17.3. The smallest absolute Gasteiger partial charge is 0.550 e. The Bertz CT molecular complexity index is 3130. The van der Waals surface area contributed by atoms with E-state index in [2.05, 4.69) is 132 Å². The van der Waals surface area contributed by atoms with E-state index < -0.39 is 41.2 Å². The first kappa shape index (κ1) is 61.7. The molecule has 0 atom stereocenters. The number of aryl methyl sites for hydroxylation is 4. The molecule has 0 aromatic heterocycles. The molecule has 2 saturated carbocycles. The Balaban J connectivity index is 0.000000249. The monoisotopic (exact) mass is 1060 g/mol. The Morgan fingerprint density at radius 2 is 0.885 bits per heavy atom. The molecule has 0 aliphatic heterocycles. The number of hydrogen-bond acceptors (Lipinski definition) is 6. The zero-order valence-electron chi connectivity index (χ0n) is 47.9. The first-order valence-corrected chi connectivity index (χ1v) is 27.9. The van der Waals surface area contributed by atoms with Crippen LogP contribution >= 0.6 is 0 Å². The average Bonchev–Trinajstić information content (AvgIpc) is 4.08. The normalized spacial score (nSPS) is 15.0. The van der Waals surface area contributed by atoms with Crippen molar-refractivity contribution in [1.82, 2.24) is 0 Å². The van der Waals surface area contributed by atoms with E-state index >= 15 is 0 Å². The molecule has 0 bridgehead atoms. The maximum Gasteiger partial charge on any atom is 1.00 e. The molecule has 6 aromatic carbocycles. The average molecular weight is 1070 g/mol. The maximum atomic E-state index is 14.8. The van der Waals surface area contributed by atoms with Crippen molar-refractivity contribution in [2.24, 2.45) is 0 Å². The van der Waals surface area contributed by atoms with Crippen LogP contribution in [0.3, 0.4) is 0 Å². The zero-order valence-corrected chi connectivity index (χ0v) is 49.9. The van der Waals surface area contributed by atoms with Crippen molar-refractivity contribution in [3.05, 3.63) is 200 Å². The van der Waals surface area contributed by atoms with Crippen molar-refractivity contribution in [2.75, 3.05) is 7.11 Å². The van der Waals surface area contributed by atoms with E-state index in [1.165, 1.54) is 58.7 Å². The van der Waals surface area contributed by atoms with Crippen LogP contribution in [0.15, 0.2) is 121 Å². The number of halogens is 2. The molecule has 0 unspecified atom stereocenters. The van der Waals surface area contributed by atoms with Gasteiger partial charge in [0.15, 0.2) is 0 Å². The number of benzene rings is 6. The molecule has 0 amide bonds. The van der Waals surface area contributed by atoms with Gasteiger partial charge >= 0.3 is 35.5 Å². The van der Waals surface area contributed by atoms with Crippen molar-refractivity contribution in [3.8, 4) is 22.3 Å². The van der Waals surface area contributed by atoms with Crippen LogP contribution in [0.5, 0.6) is 0 Å². The SMILES string of the molecule is CCC(CC)(c1ccc(/C=C/C2(O)CCCC2)c(C)c1)c1ccc(-c2ccc(CC(=O)OC)c(F)c2)c(C)c1.CCC(CC)(c1ccc(/C=C/C2(O)CCCC2)c(C)c1)c1ccc(-c2ccc(CC(=O)[O-])c(F)c2)c(C)c1.[Na+]. The number of rotatable bonds is 18. The molecule has 0 saturated heterocycles. The number of carbonyl (C=O) groups is 2. The molecule has 2 N–H and O–H groups in total. The van der Waals surface area contributed by atoms with Crippen LogP contribution in [0, 0.1) is 39.3 Å². The molecule has 8 rings (SSSR count). The van der Waals surface area contributed by atoms with Gasteiger partial charge < -0.3 is 24.9 Å². The van der Waals surface area contributed by atoms with Gasteiger partial charge in [0, 0.05) is 23.2 Å². The minimum atomic E-state index is -1.29. The molecule has 2 aliphatic rings. The topological polar surface area (TPSA) is 107 Å². The summed E-state index contributed by atoms with van der Waals surface area (Å²) in [4.78, 5) is 22.5. The van der Waals surface area contributed by atoms with Crippen LogP contribution in [0.25, 0.3) is 34.4 Å². The summed E-state index contributed by atoms with van der Waals surface area (Å²) >= 11 is 0. The van der Waals surface area contributed by atoms with E-state index in [4.69, 9.17) is 0 Å². The van der Waals surface area contributed by atoms with E-state index in [0.717, 1.165) is 122 Å². The number of aliphatic hydroxyl groups is 2. The van der Waals surface area contributed by atoms with Crippen LogP contribution in [-0.4, -0.2) is 40.5 Å². The summed E-state index contributed by atoms with van der Waals surface area (Å²) in [5.41, 5.74) is 14.1. The van der Waals surface area contributed by atoms with Gasteiger partial charge in [0.05, 0.1) is 24.7 Å². The Kier molecular flexibility index (Phi) is 21.1. The Labute approximate surface area is 485 Å². The number of aliphatic carboxylic acids is 1. The van der Waals surface area contributed by atoms with Gasteiger partial charge in [0.2, 0.25) is 0 Å². The number of carbonyl (C=O) groups excluding carboxylic acids is 2. The molecule has 0 spiro atoms. The standard InChI is InChI=1S/C35H41FO3.C34H39FO3.Na/c1-6-35(7-2,29-13-12-26(24(3)20-29)16-19-34(38)17-8-9-18-34)30-14-15-31(25(4)21-30)27-10-11-28(32(36)22-27)23-33(37)39-5;1-5-34(6-2,28-12-11-25(23(3)19-28)15-18-33(38)16-7-8-17-33)29-13-14-30(24(4)20-29)26-9-10-27(22-32(36)37)31(35)21-26;/h10-16,19-22,38H,6-9,17-18,23H2,1-5H3;9-15,18-21,38H,5-8,16-17,22H2,1-4H3,(H,36,37);/q;;+1/p-1/b19-16+;18-15+;. The fourth-order valence-corrected chi connectivity index (χ4v) is 12.3. The summed E-state index contributed by atoms with van der Waals surface area (Å²) < 4.78 is 34.0. The predicted molar refractivity (Wildman–Crippen MR) is 308 cm³/mol. The summed E-state index contributed by atoms with van der Waals surface area (Å²) in [6.45, 7) is 17.3. The first-order chi connectivity index (χ1) is 36.7. The van der Waals surface area contributed by atoms with E-state index in [1.54, 1.807) is 12.1 Å². The molecule has 406 valence electrons. The van der Waals surface area contributed by atoms with Crippen molar-refractivity contribution < 1.29 is 68.0 Å². The van der Waals surface area contributed by atoms with Crippen molar-refractivity contribution in [3.63, 3.8) is 0 Å². The fraction of sp³-hybridized carbons (Fsp3) is 0.391. The van der Waals surface area contributed by atoms with Crippen LogP contribution < -0.4 is 34.7 Å². The van der Waals surface area contributed by atoms with Gasteiger partial charge in [-0.15, -0.1) is 0 Å². The third-order valence-corrected chi connectivity index (χ3v) is 17.3. The van der Waals surface area contributed by atoms with Gasteiger partial charge in [0.1, 0.15) is 11.6 Å². The summed E-state index contributed by atoms with van der Waals surface area (Å²) in [6, 6.07) is 36.0. The Morgan fingerprint density at radius 1 is 0.538 bits per heavy atom. The molecular formula is C69H79F2NaO6. The largest absolute Gasteiger partial charge is 1.00 e. The van der Waals surface area contributed by atoms with Crippen LogP contribution in [0.1, 0.15) is 172 Å². The first-order valence-electron chi connectivity index (χ1n) is 27.9. The quantitative estimate of drug-likeness (QED) is 0.0656. The Morgan fingerprint density at radius 3 is 1.19 bits per heavy atom. The fourth-order valence-electron chi connectivity index (χ4n) is 12.3. The van der Waals surface area contributed by atoms with Crippen LogP contribution in [0.4, 0.5) is 8.78 Å². The summed E-state index contributed by atoms with van der Waals surface area (Å²) in [7, 11) is 1.31. The van der Waals surface area contributed by atoms with E-state index in [9.17, 15) is 33.7 Å². The number of carboxylic acid groups (broad SMARTS) is 1. The molecule has 9 heteroatoms. The maximum absolute atomic E-state index is 14.8.